The number of hydrogen-bond acceptors (Lipinski definition) is 5. The van der Waals surface area contributed by atoms with E-state index >= 15 is 0 Å². The number of benzene rings is 1. The topological polar surface area (TPSA) is 72.1 Å². The van der Waals surface area contributed by atoms with Gasteiger partial charge in [-0.3, -0.25) is 4.79 Å². The Balaban J connectivity index is 1.51. The molecule has 0 spiro atoms. The Morgan fingerprint density at radius 1 is 1.19 bits per heavy atom. The number of rotatable bonds is 4. The Morgan fingerprint density at radius 3 is 2.73 bits per heavy atom. The molecule has 132 valence electrons. The summed E-state index contributed by atoms with van der Waals surface area (Å²) in [6, 6.07) is 7.74. The van der Waals surface area contributed by atoms with Crippen LogP contribution in [-0.2, 0) is 6.42 Å². The number of oxazole rings is 1. The third-order valence-corrected chi connectivity index (χ3v) is 4.42. The van der Waals surface area contributed by atoms with Crippen LogP contribution in [0.25, 0.3) is 0 Å². The number of carbonyl (C=O) groups excluding carboxylic acids is 1. The first-order chi connectivity index (χ1) is 12.7. The van der Waals surface area contributed by atoms with Crippen LogP contribution in [0.4, 0.5) is 4.39 Å². The molecular weight excluding hydrogens is 335 g/mol. The average molecular weight is 352 g/mol. The molecule has 0 unspecified atom stereocenters. The molecule has 3 heterocycles. The highest BCUT2D eigenvalue weighted by atomic mass is 19.1. The van der Waals surface area contributed by atoms with Gasteiger partial charge in [-0.15, -0.1) is 0 Å². The minimum Gasteiger partial charge on any atom is -0.443 e. The van der Waals surface area contributed by atoms with Gasteiger partial charge in [-0.25, -0.2) is 19.3 Å². The Kier molecular flexibility index (Phi) is 4.43. The Bertz CT molecular complexity index is 895. The number of likely N-dealkylation sites (tertiary alicyclic amines) is 1. The van der Waals surface area contributed by atoms with Crippen molar-refractivity contribution in [1.29, 1.82) is 0 Å². The fraction of sp³-hybridized carbons (Fsp3) is 0.263. The molecule has 1 fully saturated rings. The lowest BCUT2D eigenvalue weighted by atomic mass is 10.1. The van der Waals surface area contributed by atoms with E-state index in [1.165, 1.54) is 12.1 Å². The SMILES string of the molecule is O=C(c1ncccn1)N1CCC[C@H]1c1ncc(Cc2ccc(F)cc2)o1. The predicted molar refractivity (Wildman–Crippen MR) is 90.8 cm³/mol. The number of halogens is 1. The number of amides is 1. The number of aromatic nitrogens is 3. The molecule has 1 saturated heterocycles. The molecule has 1 aliphatic heterocycles. The summed E-state index contributed by atoms with van der Waals surface area (Å²) in [6.07, 6.45) is 6.96. The van der Waals surface area contributed by atoms with Crippen molar-refractivity contribution >= 4 is 5.91 Å². The summed E-state index contributed by atoms with van der Waals surface area (Å²) in [5.41, 5.74) is 0.936. The molecule has 1 atom stereocenters. The zero-order valence-corrected chi connectivity index (χ0v) is 14.0. The van der Waals surface area contributed by atoms with Gasteiger partial charge in [0.15, 0.2) is 0 Å². The van der Waals surface area contributed by atoms with Crippen molar-refractivity contribution in [3.63, 3.8) is 0 Å². The monoisotopic (exact) mass is 352 g/mol. The zero-order chi connectivity index (χ0) is 17.9. The van der Waals surface area contributed by atoms with Crippen molar-refractivity contribution < 1.29 is 13.6 Å². The van der Waals surface area contributed by atoms with E-state index in [0.717, 1.165) is 18.4 Å². The van der Waals surface area contributed by atoms with Crippen LogP contribution < -0.4 is 0 Å². The molecule has 7 heteroatoms. The third kappa shape index (κ3) is 3.33. The second-order valence-corrected chi connectivity index (χ2v) is 6.20. The molecule has 0 saturated carbocycles. The molecule has 0 N–H and O–H groups in total. The van der Waals surface area contributed by atoms with E-state index in [1.807, 2.05) is 0 Å². The van der Waals surface area contributed by atoms with Gasteiger partial charge in [0, 0.05) is 25.4 Å². The normalized spacial score (nSPS) is 16.8. The summed E-state index contributed by atoms with van der Waals surface area (Å²) in [5.74, 6) is 0.893. The van der Waals surface area contributed by atoms with Crippen LogP contribution in [0.2, 0.25) is 0 Å². The van der Waals surface area contributed by atoms with E-state index in [-0.39, 0.29) is 23.6 Å². The van der Waals surface area contributed by atoms with Crippen molar-refractivity contribution in [1.82, 2.24) is 19.9 Å². The predicted octanol–water partition coefficient (Wildman–Crippen LogP) is 3.17. The van der Waals surface area contributed by atoms with E-state index in [2.05, 4.69) is 15.0 Å². The first-order valence-corrected chi connectivity index (χ1v) is 8.48. The Morgan fingerprint density at radius 2 is 1.96 bits per heavy atom. The molecule has 2 aromatic heterocycles. The van der Waals surface area contributed by atoms with Crippen LogP contribution in [0.3, 0.4) is 0 Å². The van der Waals surface area contributed by atoms with Gasteiger partial charge in [0.25, 0.3) is 5.91 Å². The van der Waals surface area contributed by atoms with Crippen LogP contribution in [0.15, 0.2) is 53.3 Å². The molecule has 26 heavy (non-hydrogen) atoms. The first-order valence-electron chi connectivity index (χ1n) is 8.48. The standard InChI is InChI=1S/C19H17FN4O2/c20-14-6-4-13(5-7-14)11-15-12-23-18(26-15)16-3-1-10-24(16)19(25)17-21-8-2-9-22-17/h2,4-9,12,16H,1,3,10-11H2/t16-/m0/s1. The van der Waals surface area contributed by atoms with Crippen LogP contribution >= 0.6 is 0 Å². The Hall–Kier alpha value is -3.09. The van der Waals surface area contributed by atoms with E-state index in [9.17, 15) is 9.18 Å². The van der Waals surface area contributed by atoms with Crippen molar-refractivity contribution in [2.75, 3.05) is 6.54 Å². The highest BCUT2D eigenvalue weighted by molar-refractivity contribution is 5.90. The van der Waals surface area contributed by atoms with Crippen molar-refractivity contribution in [2.45, 2.75) is 25.3 Å². The summed E-state index contributed by atoms with van der Waals surface area (Å²) in [4.78, 5) is 26.8. The van der Waals surface area contributed by atoms with Crippen molar-refractivity contribution in [3.8, 4) is 0 Å². The molecule has 4 rings (SSSR count). The number of hydrogen-bond donors (Lipinski definition) is 0. The minimum absolute atomic E-state index is 0.178. The molecule has 6 nitrogen and oxygen atoms in total. The van der Waals surface area contributed by atoms with E-state index < -0.39 is 0 Å². The summed E-state index contributed by atoms with van der Waals surface area (Å²) < 4.78 is 18.9. The quantitative estimate of drug-likeness (QED) is 0.721. The molecule has 1 aliphatic rings. The average Bonchev–Trinajstić information content (AvgIpc) is 3.33. The summed E-state index contributed by atoms with van der Waals surface area (Å²) >= 11 is 0. The van der Waals surface area contributed by atoms with Gasteiger partial charge in [0.2, 0.25) is 11.7 Å². The lowest BCUT2D eigenvalue weighted by Gasteiger charge is -2.21. The summed E-state index contributed by atoms with van der Waals surface area (Å²) in [6.45, 7) is 0.622. The fourth-order valence-electron chi connectivity index (χ4n) is 3.17. The van der Waals surface area contributed by atoms with Gasteiger partial charge in [0.1, 0.15) is 17.6 Å². The largest absolute Gasteiger partial charge is 0.443 e. The van der Waals surface area contributed by atoms with E-state index in [0.29, 0.717) is 24.6 Å². The zero-order valence-electron chi connectivity index (χ0n) is 14.0. The second kappa shape index (κ2) is 7.03. The first kappa shape index (κ1) is 16.4. The fourth-order valence-corrected chi connectivity index (χ4v) is 3.17. The highest BCUT2D eigenvalue weighted by Crippen LogP contribution is 2.32. The summed E-state index contributed by atoms with van der Waals surface area (Å²) in [5, 5.41) is 0. The van der Waals surface area contributed by atoms with Crippen LogP contribution in [-0.4, -0.2) is 32.3 Å². The minimum atomic E-state index is -0.268. The van der Waals surface area contributed by atoms with Crippen molar-refractivity contribution in [2.24, 2.45) is 0 Å². The molecule has 3 aromatic rings. The smallest absolute Gasteiger partial charge is 0.292 e. The molecule has 0 aliphatic carbocycles. The summed E-state index contributed by atoms with van der Waals surface area (Å²) in [7, 11) is 0. The maximum Gasteiger partial charge on any atom is 0.292 e. The van der Waals surface area contributed by atoms with Crippen LogP contribution in [0.1, 0.15) is 46.7 Å². The third-order valence-electron chi connectivity index (χ3n) is 4.42. The van der Waals surface area contributed by atoms with Gasteiger partial charge in [-0.05, 0) is 36.6 Å². The van der Waals surface area contributed by atoms with Gasteiger partial charge < -0.3 is 9.32 Å². The molecule has 0 radical (unpaired) electrons. The Labute approximate surface area is 149 Å². The molecule has 0 bridgehead atoms. The van der Waals surface area contributed by atoms with Gasteiger partial charge >= 0.3 is 0 Å². The van der Waals surface area contributed by atoms with Crippen LogP contribution in [0.5, 0.6) is 0 Å². The lowest BCUT2D eigenvalue weighted by Crippen LogP contribution is -2.32. The maximum atomic E-state index is 13.0. The van der Waals surface area contributed by atoms with E-state index in [1.54, 1.807) is 41.7 Å². The molecule has 1 aromatic carbocycles. The lowest BCUT2D eigenvalue weighted by molar-refractivity contribution is 0.0702. The maximum absolute atomic E-state index is 13.0. The van der Waals surface area contributed by atoms with Crippen LogP contribution in [0, 0.1) is 5.82 Å². The highest BCUT2D eigenvalue weighted by Gasteiger charge is 2.34. The van der Waals surface area contributed by atoms with Gasteiger partial charge in [-0.2, -0.15) is 0 Å². The van der Waals surface area contributed by atoms with Gasteiger partial charge in [0.05, 0.1) is 6.20 Å². The molecule has 1 amide bonds. The second-order valence-electron chi connectivity index (χ2n) is 6.20. The number of nitrogens with zero attached hydrogens (tertiary/aromatic N) is 4. The molecular formula is C19H17FN4O2. The van der Waals surface area contributed by atoms with E-state index in [4.69, 9.17) is 4.42 Å². The van der Waals surface area contributed by atoms with Crippen molar-refractivity contribution in [3.05, 3.63) is 77.8 Å². The van der Waals surface area contributed by atoms with Gasteiger partial charge in [-0.1, -0.05) is 12.1 Å². The number of carbonyl (C=O) groups is 1.